The minimum Gasteiger partial charge on any atom is -0.507 e. The van der Waals surface area contributed by atoms with Gasteiger partial charge < -0.3 is 19.6 Å². The molecule has 1 aliphatic rings. The van der Waals surface area contributed by atoms with Crippen molar-refractivity contribution in [3.63, 3.8) is 0 Å². The predicted octanol–water partition coefficient (Wildman–Crippen LogP) is 2.60. The molecule has 0 aliphatic carbocycles. The van der Waals surface area contributed by atoms with Crippen LogP contribution in [0.3, 0.4) is 0 Å². The molecule has 158 valence electrons. The van der Waals surface area contributed by atoms with Crippen molar-refractivity contribution < 1.29 is 23.8 Å². The summed E-state index contributed by atoms with van der Waals surface area (Å²) in [7, 11) is 5.22. The molecule has 3 rings (SSSR count). The third-order valence-electron chi connectivity index (χ3n) is 4.98. The fourth-order valence-corrected chi connectivity index (χ4v) is 3.57. The Kier molecular flexibility index (Phi) is 6.47. The van der Waals surface area contributed by atoms with E-state index >= 15 is 0 Å². The largest absolute Gasteiger partial charge is 0.507 e. The maximum Gasteiger partial charge on any atom is 0.295 e. The van der Waals surface area contributed by atoms with E-state index in [0.29, 0.717) is 18.5 Å². The number of benzene rings is 1. The molecule has 1 aliphatic heterocycles. The number of aliphatic hydroxyl groups is 1. The fourth-order valence-electron chi connectivity index (χ4n) is 3.57. The SMILES string of the molecule is COc1ccc(F)cc1C(O)=C1C(=O)C(=O)N(CCCN(C)C)[C@@H]1c1ccncc1. The monoisotopic (exact) mass is 413 g/mol. The lowest BCUT2D eigenvalue weighted by atomic mass is 9.95. The van der Waals surface area contributed by atoms with Gasteiger partial charge in [-0.2, -0.15) is 0 Å². The molecule has 8 heteroatoms. The van der Waals surface area contributed by atoms with Crippen LogP contribution in [0.25, 0.3) is 5.76 Å². The maximum atomic E-state index is 13.9. The van der Waals surface area contributed by atoms with Gasteiger partial charge in [-0.15, -0.1) is 0 Å². The number of methoxy groups -OCH3 is 1. The van der Waals surface area contributed by atoms with Gasteiger partial charge in [0.15, 0.2) is 0 Å². The van der Waals surface area contributed by atoms with Crippen LogP contribution in [0.2, 0.25) is 0 Å². The van der Waals surface area contributed by atoms with Crippen molar-refractivity contribution in [2.24, 2.45) is 0 Å². The number of likely N-dealkylation sites (tertiary alicyclic amines) is 1. The van der Waals surface area contributed by atoms with Gasteiger partial charge in [0, 0.05) is 18.9 Å². The van der Waals surface area contributed by atoms with Crippen molar-refractivity contribution in [2.75, 3.05) is 34.3 Å². The number of aromatic nitrogens is 1. The number of carbonyl (C=O) groups is 2. The van der Waals surface area contributed by atoms with Crippen LogP contribution in [0.15, 0.2) is 48.3 Å². The summed E-state index contributed by atoms with van der Waals surface area (Å²) in [5, 5.41) is 11.0. The van der Waals surface area contributed by atoms with Crippen LogP contribution in [-0.4, -0.2) is 65.9 Å². The molecule has 1 amide bonds. The van der Waals surface area contributed by atoms with E-state index in [9.17, 15) is 19.1 Å². The molecule has 1 fully saturated rings. The number of rotatable bonds is 7. The van der Waals surface area contributed by atoms with Crippen LogP contribution >= 0.6 is 0 Å². The Morgan fingerprint density at radius 1 is 1.23 bits per heavy atom. The first-order chi connectivity index (χ1) is 14.3. The van der Waals surface area contributed by atoms with Gasteiger partial charge in [-0.3, -0.25) is 14.6 Å². The molecule has 1 aromatic heterocycles. The highest BCUT2D eigenvalue weighted by Gasteiger charge is 2.46. The number of hydrogen-bond acceptors (Lipinski definition) is 6. The standard InChI is InChI=1S/C22H24FN3O4/c1-25(2)11-4-12-26-19(14-7-9-24-10-8-14)18(21(28)22(26)29)20(27)16-13-15(23)5-6-17(16)30-3/h5-10,13,19,27H,4,11-12H2,1-3H3/t19-/m1/s1. The Morgan fingerprint density at radius 2 is 1.93 bits per heavy atom. The molecule has 1 saturated heterocycles. The Hall–Kier alpha value is -3.26. The van der Waals surface area contributed by atoms with Crippen molar-refractivity contribution >= 4 is 17.4 Å². The van der Waals surface area contributed by atoms with Gasteiger partial charge in [-0.05, 0) is 63.0 Å². The molecule has 1 N–H and O–H groups in total. The summed E-state index contributed by atoms with van der Waals surface area (Å²) >= 11 is 0. The first-order valence-corrected chi connectivity index (χ1v) is 9.52. The van der Waals surface area contributed by atoms with E-state index in [-0.39, 0.29) is 16.9 Å². The second-order valence-electron chi connectivity index (χ2n) is 7.27. The summed E-state index contributed by atoms with van der Waals surface area (Å²) in [6, 6.07) is 6.20. The zero-order valence-electron chi connectivity index (χ0n) is 17.1. The lowest BCUT2D eigenvalue weighted by molar-refractivity contribution is -0.139. The third kappa shape index (κ3) is 4.18. The minimum absolute atomic E-state index is 0.0165. The van der Waals surface area contributed by atoms with Crippen molar-refractivity contribution in [1.82, 2.24) is 14.8 Å². The maximum absolute atomic E-state index is 13.9. The van der Waals surface area contributed by atoms with E-state index in [2.05, 4.69) is 4.98 Å². The summed E-state index contributed by atoms with van der Waals surface area (Å²) in [4.78, 5) is 33.2. The molecule has 7 nitrogen and oxygen atoms in total. The zero-order chi connectivity index (χ0) is 21.8. The van der Waals surface area contributed by atoms with Crippen molar-refractivity contribution in [1.29, 1.82) is 0 Å². The van der Waals surface area contributed by atoms with E-state index in [1.807, 2.05) is 19.0 Å². The van der Waals surface area contributed by atoms with E-state index in [1.54, 1.807) is 24.5 Å². The predicted molar refractivity (Wildman–Crippen MR) is 109 cm³/mol. The second kappa shape index (κ2) is 9.04. The molecule has 0 radical (unpaired) electrons. The number of carbonyl (C=O) groups excluding carboxylic acids is 2. The van der Waals surface area contributed by atoms with E-state index < -0.39 is 29.3 Å². The fraction of sp³-hybridized carbons (Fsp3) is 0.318. The highest BCUT2D eigenvalue weighted by Crippen LogP contribution is 2.40. The van der Waals surface area contributed by atoms with Crippen molar-refractivity contribution in [3.8, 4) is 5.75 Å². The number of hydrogen-bond donors (Lipinski definition) is 1. The molecule has 0 bridgehead atoms. The summed E-state index contributed by atoms with van der Waals surface area (Å²) < 4.78 is 19.1. The number of aliphatic hydroxyl groups excluding tert-OH is 1. The average molecular weight is 413 g/mol. The van der Waals surface area contributed by atoms with Crippen LogP contribution in [0.4, 0.5) is 4.39 Å². The molecule has 1 atom stereocenters. The number of nitrogens with zero attached hydrogens (tertiary/aromatic N) is 3. The lowest BCUT2D eigenvalue weighted by Gasteiger charge is -2.26. The molecule has 0 spiro atoms. The van der Waals surface area contributed by atoms with Gasteiger partial charge in [0.2, 0.25) is 0 Å². The van der Waals surface area contributed by atoms with Crippen molar-refractivity contribution in [2.45, 2.75) is 12.5 Å². The van der Waals surface area contributed by atoms with Gasteiger partial charge in [-0.25, -0.2) is 4.39 Å². The molecule has 30 heavy (non-hydrogen) atoms. The van der Waals surface area contributed by atoms with Gasteiger partial charge >= 0.3 is 0 Å². The summed E-state index contributed by atoms with van der Waals surface area (Å²) in [5.41, 5.74) is 0.550. The smallest absolute Gasteiger partial charge is 0.295 e. The van der Waals surface area contributed by atoms with Crippen LogP contribution in [-0.2, 0) is 9.59 Å². The third-order valence-corrected chi connectivity index (χ3v) is 4.98. The van der Waals surface area contributed by atoms with Gasteiger partial charge in [0.25, 0.3) is 11.7 Å². The van der Waals surface area contributed by atoms with Gasteiger partial charge in [0.1, 0.15) is 17.3 Å². The first kappa shape index (κ1) is 21.4. The van der Waals surface area contributed by atoms with Gasteiger partial charge in [-0.1, -0.05) is 0 Å². The molecular formula is C22H24FN3O4. The Balaban J connectivity index is 2.13. The number of pyridine rings is 1. The van der Waals surface area contributed by atoms with Crippen LogP contribution < -0.4 is 4.74 Å². The van der Waals surface area contributed by atoms with E-state index in [0.717, 1.165) is 12.6 Å². The molecule has 2 aromatic rings. The molecular weight excluding hydrogens is 389 g/mol. The topological polar surface area (TPSA) is 83.0 Å². The number of ether oxygens (including phenoxy) is 1. The number of amides is 1. The Morgan fingerprint density at radius 3 is 2.57 bits per heavy atom. The van der Waals surface area contributed by atoms with Gasteiger partial charge in [0.05, 0.1) is 24.3 Å². The lowest BCUT2D eigenvalue weighted by Crippen LogP contribution is -2.32. The Bertz CT molecular complexity index is 976. The molecule has 2 heterocycles. The first-order valence-electron chi connectivity index (χ1n) is 9.52. The summed E-state index contributed by atoms with van der Waals surface area (Å²) in [5.74, 6) is -2.39. The van der Waals surface area contributed by atoms with Crippen molar-refractivity contribution in [3.05, 3.63) is 65.2 Å². The van der Waals surface area contributed by atoms with E-state index in [4.69, 9.17) is 4.74 Å². The quantitative estimate of drug-likeness (QED) is 0.427. The molecule has 0 saturated carbocycles. The molecule has 0 unspecified atom stereocenters. The summed E-state index contributed by atoms with van der Waals surface area (Å²) in [6.45, 7) is 1.05. The average Bonchev–Trinajstić information content (AvgIpc) is 2.98. The highest BCUT2D eigenvalue weighted by molar-refractivity contribution is 6.46. The number of halogens is 1. The summed E-state index contributed by atoms with van der Waals surface area (Å²) in [6.07, 6.45) is 3.75. The molecule has 1 aromatic carbocycles. The van der Waals surface area contributed by atoms with Crippen LogP contribution in [0.5, 0.6) is 5.75 Å². The van der Waals surface area contributed by atoms with E-state index in [1.165, 1.54) is 24.1 Å². The zero-order valence-corrected chi connectivity index (χ0v) is 17.1. The second-order valence-corrected chi connectivity index (χ2v) is 7.27. The minimum atomic E-state index is -0.814. The van der Waals surface area contributed by atoms with Crippen LogP contribution in [0.1, 0.15) is 23.6 Å². The van der Waals surface area contributed by atoms with Crippen LogP contribution in [0, 0.1) is 5.82 Å². The number of ketones is 1. The number of Topliss-reactive ketones (excluding diaryl/α,β-unsaturated/α-hetero) is 1. The Labute approximate surface area is 174 Å². The normalized spacial score (nSPS) is 18.3. The highest BCUT2D eigenvalue weighted by atomic mass is 19.1.